The summed E-state index contributed by atoms with van der Waals surface area (Å²) in [5, 5.41) is 0. The monoisotopic (exact) mass is 221 g/mol. The van der Waals surface area contributed by atoms with Gasteiger partial charge in [0.2, 0.25) is 0 Å². The summed E-state index contributed by atoms with van der Waals surface area (Å²) in [4.78, 5) is 4.20. The molecule has 1 aliphatic carbocycles. The second-order valence-corrected chi connectivity index (χ2v) is 4.50. The van der Waals surface area contributed by atoms with Crippen molar-refractivity contribution < 1.29 is 0 Å². The van der Waals surface area contributed by atoms with E-state index in [1.54, 1.807) is 0 Å². The van der Waals surface area contributed by atoms with E-state index in [-0.39, 0.29) is 0 Å². The molecule has 0 aliphatic heterocycles. The summed E-state index contributed by atoms with van der Waals surface area (Å²) in [7, 11) is 0. The van der Waals surface area contributed by atoms with Crippen LogP contribution in [0, 0.1) is 0 Å². The van der Waals surface area contributed by atoms with E-state index in [0.717, 1.165) is 6.42 Å². The molecule has 0 radical (unpaired) electrons. The van der Waals surface area contributed by atoms with Crippen molar-refractivity contribution in [3.05, 3.63) is 65.5 Å². The molecule has 1 aromatic carbocycles. The van der Waals surface area contributed by atoms with Crippen LogP contribution in [0.1, 0.15) is 30.0 Å². The van der Waals surface area contributed by atoms with Crippen molar-refractivity contribution in [3.8, 4) is 0 Å². The number of aromatic nitrogens is 1. The van der Waals surface area contributed by atoms with Gasteiger partial charge in [0.25, 0.3) is 0 Å². The summed E-state index contributed by atoms with van der Waals surface area (Å²) in [6.45, 7) is 2.20. The summed E-state index contributed by atoms with van der Waals surface area (Å²) in [6.07, 6.45) is 6.09. The largest absolute Gasteiger partial charge is 0.264 e. The third-order valence-corrected chi connectivity index (χ3v) is 3.53. The molecule has 0 atom stereocenters. The molecule has 1 heteroatoms. The summed E-state index contributed by atoms with van der Waals surface area (Å²) in [5.74, 6) is 0. The fourth-order valence-corrected chi connectivity index (χ4v) is 2.58. The van der Waals surface area contributed by atoms with Crippen LogP contribution in [-0.2, 0) is 6.42 Å². The molecule has 3 rings (SSSR count). The number of allylic oxidation sites excluding steroid dienone is 2. The van der Waals surface area contributed by atoms with Gasteiger partial charge in [0, 0.05) is 12.4 Å². The Morgan fingerprint density at radius 1 is 1.06 bits per heavy atom. The highest BCUT2D eigenvalue weighted by atomic mass is 14.6. The third kappa shape index (κ3) is 1.78. The standard InChI is InChI=1S/C16H15N/c1-12(14-6-4-10-17-11-14)15-9-8-13-5-2-3-7-16(13)15/h2-7,10-11H,8-9H2,1H3/b15-12+. The van der Waals surface area contributed by atoms with E-state index >= 15 is 0 Å². The maximum absolute atomic E-state index is 4.20. The lowest BCUT2D eigenvalue weighted by Crippen LogP contribution is -1.86. The molecule has 84 valence electrons. The molecule has 2 aromatic rings. The number of nitrogens with zero attached hydrogens (tertiary/aromatic N) is 1. The van der Waals surface area contributed by atoms with E-state index in [2.05, 4.69) is 42.2 Å². The molecule has 17 heavy (non-hydrogen) atoms. The van der Waals surface area contributed by atoms with Crippen LogP contribution in [0.3, 0.4) is 0 Å². The fourth-order valence-electron chi connectivity index (χ4n) is 2.58. The van der Waals surface area contributed by atoms with Crippen molar-refractivity contribution in [2.45, 2.75) is 19.8 Å². The van der Waals surface area contributed by atoms with Crippen LogP contribution in [0.5, 0.6) is 0 Å². The van der Waals surface area contributed by atoms with Crippen LogP contribution in [0.15, 0.2) is 48.8 Å². The highest BCUT2D eigenvalue weighted by Crippen LogP contribution is 2.37. The maximum atomic E-state index is 4.20. The zero-order chi connectivity index (χ0) is 11.7. The van der Waals surface area contributed by atoms with Gasteiger partial charge in [-0.25, -0.2) is 0 Å². The van der Waals surface area contributed by atoms with Gasteiger partial charge in [-0.3, -0.25) is 4.98 Å². The Kier molecular flexibility index (Phi) is 2.52. The minimum absolute atomic E-state index is 1.15. The third-order valence-electron chi connectivity index (χ3n) is 3.53. The molecule has 1 aromatic heterocycles. The van der Waals surface area contributed by atoms with Crippen LogP contribution < -0.4 is 0 Å². The fraction of sp³-hybridized carbons (Fsp3) is 0.188. The molecule has 0 spiro atoms. The normalized spacial score (nSPS) is 16.8. The predicted molar refractivity (Wildman–Crippen MR) is 71.5 cm³/mol. The van der Waals surface area contributed by atoms with E-state index < -0.39 is 0 Å². The van der Waals surface area contributed by atoms with Gasteiger partial charge in [-0.2, -0.15) is 0 Å². The van der Waals surface area contributed by atoms with Crippen molar-refractivity contribution in [2.24, 2.45) is 0 Å². The summed E-state index contributed by atoms with van der Waals surface area (Å²) >= 11 is 0. The van der Waals surface area contributed by atoms with Gasteiger partial charge in [0.1, 0.15) is 0 Å². The maximum Gasteiger partial charge on any atom is 0.0343 e. The first kappa shape index (κ1) is 10.3. The SMILES string of the molecule is C/C(=C1/CCc2ccccc21)c1cccnc1. The summed E-state index contributed by atoms with van der Waals surface area (Å²) < 4.78 is 0. The molecular formula is C16H15N. The lowest BCUT2D eigenvalue weighted by Gasteiger charge is -2.07. The molecule has 0 saturated heterocycles. The first-order chi connectivity index (χ1) is 8.36. The first-order valence-electron chi connectivity index (χ1n) is 6.04. The van der Waals surface area contributed by atoms with Crippen LogP contribution in [-0.4, -0.2) is 4.98 Å². The molecule has 0 bridgehead atoms. The Morgan fingerprint density at radius 3 is 2.76 bits per heavy atom. The molecule has 1 nitrogen and oxygen atoms in total. The van der Waals surface area contributed by atoms with Crippen LogP contribution in [0.4, 0.5) is 0 Å². The van der Waals surface area contributed by atoms with E-state index in [1.807, 2.05) is 18.5 Å². The Bertz CT molecular complexity index is 567. The molecule has 1 heterocycles. The number of benzene rings is 1. The smallest absolute Gasteiger partial charge is 0.0343 e. The van der Waals surface area contributed by atoms with Gasteiger partial charge in [-0.1, -0.05) is 30.3 Å². The van der Waals surface area contributed by atoms with Crippen LogP contribution in [0.25, 0.3) is 11.1 Å². The lowest BCUT2D eigenvalue weighted by atomic mass is 9.98. The molecule has 1 aliphatic rings. The minimum Gasteiger partial charge on any atom is -0.264 e. The quantitative estimate of drug-likeness (QED) is 0.710. The second kappa shape index (κ2) is 4.17. The number of hydrogen-bond acceptors (Lipinski definition) is 1. The Labute approximate surface area is 102 Å². The molecule has 0 amide bonds. The molecule has 0 unspecified atom stereocenters. The minimum atomic E-state index is 1.15. The number of hydrogen-bond donors (Lipinski definition) is 0. The Morgan fingerprint density at radius 2 is 1.94 bits per heavy atom. The van der Waals surface area contributed by atoms with E-state index in [9.17, 15) is 0 Å². The average Bonchev–Trinajstić information content (AvgIpc) is 2.83. The zero-order valence-electron chi connectivity index (χ0n) is 9.98. The summed E-state index contributed by atoms with van der Waals surface area (Å²) in [5.41, 5.74) is 6.98. The number of pyridine rings is 1. The highest BCUT2D eigenvalue weighted by Gasteiger charge is 2.17. The first-order valence-corrected chi connectivity index (χ1v) is 6.04. The van der Waals surface area contributed by atoms with E-state index in [1.165, 1.54) is 34.3 Å². The molecule has 0 saturated carbocycles. The van der Waals surface area contributed by atoms with Gasteiger partial charge in [-0.05, 0) is 53.7 Å². The van der Waals surface area contributed by atoms with Crippen LogP contribution >= 0.6 is 0 Å². The molecule has 0 N–H and O–H groups in total. The second-order valence-electron chi connectivity index (χ2n) is 4.50. The van der Waals surface area contributed by atoms with Crippen molar-refractivity contribution in [1.29, 1.82) is 0 Å². The number of rotatable bonds is 1. The lowest BCUT2D eigenvalue weighted by molar-refractivity contribution is 1.08. The van der Waals surface area contributed by atoms with Gasteiger partial charge >= 0.3 is 0 Å². The van der Waals surface area contributed by atoms with Crippen molar-refractivity contribution >= 4 is 11.1 Å². The zero-order valence-corrected chi connectivity index (χ0v) is 9.98. The van der Waals surface area contributed by atoms with Gasteiger partial charge in [0.15, 0.2) is 0 Å². The van der Waals surface area contributed by atoms with Crippen LogP contribution in [0.2, 0.25) is 0 Å². The van der Waals surface area contributed by atoms with Crippen molar-refractivity contribution in [3.63, 3.8) is 0 Å². The van der Waals surface area contributed by atoms with Gasteiger partial charge in [-0.15, -0.1) is 0 Å². The van der Waals surface area contributed by atoms with E-state index in [0.29, 0.717) is 0 Å². The highest BCUT2D eigenvalue weighted by molar-refractivity contribution is 5.92. The summed E-state index contributed by atoms with van der Waals surface area (Å²) in [6, 6.07) is 12.9. The predicted octanol–water partition coefficient (Wildman–Crippen LogP) is 3.96. The van der Waals surface area contributed by atoms with E-state index in [4.69, 9.17) is 0 Å². The molecule has 0 fully saturated rings. The molecular weight excluding hydrogens is 206 g/mol. The van der Waals surface area contributed by atoms with Crippen molar-refractivity contribution in [2.75, 3.05) is 0 Å². The average molecular weight is 221 g/mol. The van der Waals surface area contributed by atoms with Gasteiger partial charge in [0.05, 0.1) is 0 Å². The topological polar surface area (TPSA) is 12.9 Å². The Hall–Kier alpha value is -1.89. The van der Waals surface area contributed by atoms with Crippen molar-refractivity contribution in [1.82, 2.24) is 4.98 Å². The van der Waals surface area contributed by atoms with Gasteiger partial charge < -0.3 is 0 Å². The Balaban J connectivity index is 2.12. The number of fused-ring (bicyclic) bond motifs is 1. The number of aryl methyl sites for hydroxylation is 1.